The molecule has 3 rings (SSSR count). The molecule has 1 aromatic carbocycles. The molecule has 0 aliphatic carbocycles. The molecule has 0 unspecified atom stereocenters. The molecule has 1 N–H and O–H groups in total. The van der Waals surface area contributed by atoms with Crippen molar-refractivity contribution in [1.29, 1.82) is 0 Å². The average molecular weight is 368 g/mol. The van der Waals surface area contributed by atoms with Crippen LogP contribution in [-0.2, 0) is 13.2 Å². The summed E-state index contributed by atoms with van der Waals surface area (Å²) in [6.07, 6.45) is 1.27. The summed E-state index contributed by atoms with van der Waals surface area (Å²) < 4.78 is 10.6. The highest BCUT2D eigenvalue weighted by molar-refractivity contribution is 5.93. The fourth-order valence-corrected chi connectivity index (χ4v) is 2.57. The topological polar surface area (TPSA) is 101 Å². The first-order valence-corrected chi connectivity index (χ1v) is 8.39. The average Bonchev–Trinajstić information content (AvgIpc) is 2.98. The van der Waals surface area contributed by atoms with Gasteiger partial charge >= 0.3 is 0 Å². The summed E-state index contributed by atoms with van der Waals surface area (Å²) in [7, 11) is 1.61. The van der Waals surface area contributed by atoms with E-state index in [1.54, 1.807) is 33.0 Å². The third kappa shape index (κ3) is 4.22. The molecule has 0 atom stereocenters. The fourth-order valence-electron chi connectivity index (χ4n) is 2.57. The lowest BCUT2D eigenvalue weighted by Crippen LogP contribution is -2.32. The van der Waals surface area contributed by atoms with Crippen molar-refractivity contribution < 1.29 is 14.1 Å². The number of aromatic nitrogens is 3. The molecule has 27 heavy (non-hydrogen) atoms. The van der Waals surface area contributed by atoms with Gasteiger partial charge in [0.1, 0.15) is 29.5 Å². The van der Waals surface area contributed by atoms with Gasteiger partial charge in [0.05, 0.1) is 12.2 Å². The number of para-hydroxylation sites is 1. The zero-order valence-corrected chi connectivity index (χ0v) is 15.4. The molecule has 1 amide bonds. The van der Waals surface area contributed by atoms with Crippen molar-refractivity contribution in [2.75, 3.05) is 7.05 Å². The monoisotopic (exact) mass is 368 g/mol. The van der Waals surface area contributed by atoms with E-state index in [9.17, 15) is 9.59 Å². The molecular weight excluding hydrogens is 348 g/mol. The van der Waals surface area contributed by atoms with Gasteiger partial charge in [-0.15, -0.1) is 0 Å². The minimum absolute atomic E-state index is 0.0345. The molecule has 8 heteroatoms. The van der Waals surface area contributed by atoms with Crippen molar-refractivity contribution in [2.24, 2.45) is 0 Å². The Bertz CT molecular complexity index is 975. The lowest BCUT2D eigenvalue weighted by molar-refractivity contribution is 0.0782. The summed E-state index contributed by atoms with van der Waals surface area (Å²) in [5.74, 6) is 1.22. The van der Waals surface area contributed by atoms with Gasteiger partial charge in [-0.25, -0.2) is 4.98 Å². The summed E-state index contributed by atoms with van der Waals surface area (Å²) in [6.45, 7) is 3.98. The van der Waals surface area contributed by atoms with Crippen LogP contribution in [0, 0.1) is 13.8 Å². The maximum Gasteiger partial charge on any atom is 0.263 e. The summed E-state index contributed by atoms with van der Waals surface area (Å²) in [5, 5.41) is 3.87. The second kappa shape index (κ2) is 7.86. The minimum Gasteiger partial charge on any atom is -0.486 e. The Hall–Kier alpha value is -3.42. The Morgan fingerprint density at radius 2 is 2.00 bits per heavy atom. The smallest absolute Gasteiger partial charge is 0.263 e. The molecule has 0 aliphatic heterocycles. The van der Waals surface area contributed by atoms with E-state index in [1.807, 2.05) is 18.2 Å². The van der Waals surface area contributed by atoms with Gasteiger partial charge in [0.2, 0.25) is 0 Å². The molecule has 0 fully saturated rings. The number of amides is 1. The number of benzene rings is 1. The number of hydrogen-bond donors (Lipinski definition) is 1. The number of hydrogen-bond acceptors (Lipinski definition) is 6. The van der Waals surface area contributed by atoms with Crippen LogP contribution in [0.25, 0.3) is 0 Å². The van der Waals surface area contributed by atoms with E-state index < -0.39 is 11.5 Å². The predicted octanol–water partition coefficient (Wildman–Crippen LogP) is 2.23. The number of carbonyl (C=O) groups is 1. The van der Waals surface area contributed by atoms with Gasteiger partial charge in [-0.1, -0.05) is 23.4 Å². The van der Waals surface area contributed by atoms with Gasteiger partial charge in [-0.3, -0.25) is 9.59 Å². The zero-order chi connectivity index (χ0) is 19.4. The van der Waals surface area contributed by atoms with Crippen LogP contribution in [0.2, 0.25) is 0 Å². The number of aromatic amines is 1. The molecule has 0 saturated carbocycles. The number of nitrogens with zero attached hydrogens (tertiary/aromatic N) is 3. The summed E-state index contributed by atoms with van der Waals surface area (Å²) in [5.41, 5.74) is 0.996. The highest BCUT2D eigenvalue weighted by Gasteiger charge is 2.19. The number of nitrogens with one attached hydrogen (secondary N) is 1. The van der Waals surface area contributed by atoms with Crippen molar-refractivity contribution in [3.8, 4) is 5.75 Å². The first kappa shape index (κ1) is 18.4. The van der Waals surface area contributed by atoms with Gasteiger partial charge in [-0.05, 0) is 26.0 Å². The number of ether oxygens (including phenoxy) is 1. The summed E-state index contributed by atoms with van der Waals surface area (Å²) in [6, 6.07) is 9.19. The SMILES string of the molecule is Cc1noc(C)c1CN(C)C(=O)c1cnc(COc2ccccc2)[nH]c1=O. The van der Waals surface area contributed by atoms with Gasteiger partial charge in [0.15, 0.2) is 0 Å². The molecule has 3 aromatic rings. The van der Waals surface area contributed by atoms with E-state index >= 15 is 0 Å². The van der Waals surface area contributed by atoms with Crippen molar-refractivity contribution in [3.05, 3.63) is 75.3 Å². The van der Waals surface area contributed by atoms with E-state index in [0.717, 1.165) is 5.56 Å². The molecule has 0 bridgehead atoms. The molecule has 2 heterocycles. The van der Waals surface area contributed by atoms with Crippen LogP contribution in [0.5, 0.6) is 5.75 Å². The third-order valence-corrected chi connectivity index (χ3v) is 4.12. The van der Waals surface area contributed by atoms with Crippen molar-refractivity contribution in [3.63, 3.8) is 0 Å². The zero-order valence-electron chi connectivity index (χ0n) is 15.4. The Kier molecular flexibility index (Phi) is 5.35. The highest BCUT2D eigenvalue weighted by Crippen LogP contribution is 2.15. The highest BCUT2D eigenvalue weighted by atomic mass is 16.5. The van der Waals surface area contributed by atoms with Crippen molar-refractivity contribution >= 4 is 5.91 Å². The first-order chi connectivity index (χ1) is 13.0. The van der Waals surface area contributed by atoms with Crippen LogP contribution in [0.15, 0.2) is 45.8 Å². The standard InChI is InChI=1S/C19H20N4O4/c1-12-16(13(2)27-22-12)10-23(3)19(25)15-9-20-17(21-18(15)24)11-26-14-7-5-4-6-8-14/h4-9H,10-11H2,1-3H3,(H,20,21,24). The second-order valence-corrected chi connectivity index (χ2v) is 6.14. The van der Waals surface area contributed by atoms with Crippen LogP contribution >= 0.6 is 0 Å². The first-order valence-electron chi connectivity index (χ1n) is 8.39. The molecule has 140 valence electrons. The van der Waals surface area contributed by atoms with Crippen molar-refractivity contribution in [1.82, 2.24) is 20.0 Å². The molecule has 2 aromatic heterocycles. The number of rotatable bonds is 6. The molecular formula is C19H20N4O4. The van der Waals surface area contributed by atoms with Gasteiger partial charge in [0.25, 0.3) is 11.5 Å². The van der Waals surface area contributed by atoms with E-state index in [2.05, 4.69) is 15.1 Å². The van der Waals surface area contributed by atoms with Crippen molar-refractivity contribution in [2.45, 2.75) is 27.0 Å². The third-order valence-electron chi connectivity index (χ3n) is 4.12. The minimum atomic E-state index is -0.507. The van der Waals surface area contributed by atoms with E-state index in [-0.39, 0.29) is 18.7 Å². The van der Waals surface area contributed by atoms with Crippen LogP contribution in [0.3, 0.4) is 0 Å². The van der Waals surface area contributed by atoms with Gasteiger partial charge in [0, 0.05) is 18.8 Å². The fraction of sp³-hybridized carbons (Fsp3) is 0.263. The maximum absolute atomic E-state index is 12.6. The summed E-state index contributed by atoms with van der Waals surface area (Å²) in [4.78, 5) is 33.0. The molecule has 0 saturated heterocycles. The second-order valence-electron chi connectivity index (χ2n) is 6.14. The van der Waals surface area contributed by atoms with E-state index in [0.29, 0.717) is 23.0 Å². The number of H-pyrrole nitrogens is 1. The Morgan fingerprint density at radius 1 is 1.26 bits per heavy atom. The van der Waals surface area contributed by atoms with Gasteiger partial charge < -0.3 is 19.1 Å². The van der Waals surface area contributed by atoms with Crippen LogP contribution in [0.4, 0.5) is 0 Å². The lowest BCUT2D eigenvalue weighted by atomic mass is 10.2. The summed E-state index contributed by atoms with van der Waals surface area (Å²) >= 11 is 0. The van der Waals surface area contributed by atoms with Crippen LogP contribution in [0.1, 0.15) is 33.2 Å². The number of carbonyl (C=O) groups excluding carboxylic acids is 1. The largest absolute Gasteiger partial charge is 0.486 e. The number of aryl methyl sites for hydroxylation is 2. The van der Waals surface area contributed by atoms with Crippen LogP contribution in [-0.4, -0.2) is 33.0 Å². The quantitative estimate of drug-likeness (QED) is 0.716. The molecule has 0 spiro atoms. The van der Waals surface area contributed by atoms with Gasteiger partial charge in [-0.2, -0.15) is 0 Å². The molecule has 0 aliphatic rings. The van der Waals surface area contributed by atoms with Crippen LogP contribution < -0.4 is 10.3 Å². The normalized spacial score (nSPS) is 10.6. The maximum atomic E-state index is 12.6. The Labute approximate surface area is 155 Å². The Balaban J connectivity index is 1.69. The lowest BCUT2D eigenvalue weighted by Gasteiger charge is -2.16. The van der Waals surface area contributed by atoms with E-state index in [1.165, 1.54) is 11.1 Å². The molecule has 8 nitrogen and oxygen atoms in total. The Morgan fingerprint density at radius 3 is 2.63 bits per heavy atom. The van der Waals surface area contributed by atoms with E-state index in [4.69, 9.17) is 9.26 Å². The predicted molar refractivity (Wildman–Crippen MR) is 97.4 cm³/mol. The molecule has 0 radical (unpaired) electrons.